The third kappa shape index (κ3) is 3.67. The predicted octanol–water partition coefficient (Wildman–Crippen LogP) is 3.43. The van der Waals surface area contributed by atoms with Crippen LogP contribution in [-0.2, 0) is 4.74 Å². The van der Waals surface area contributed by atoms with E-state index in [1.165, 1.54) is 11.5 Å². The lowest BCUT2D eigenvalue weighted by Gasteiger charge is -2.35. The van der Waals surface area contributed by atoms with Crippen molar-refractivity contribution in [3.63, 3.8) is 0 Å². The molecule has 0 spiro atoms. The molecule has 1 aromatic heterocycles. The van der Waals surface area contributed by atoms with Crippen LogP contribution >= 0.6 is 0 Å². The summed E-state index contributed by atoms with van der Waals surface area (Å²) in [6, 6.07) is 9.45. The zero-order valence-electron chi connectivity index (χ0n) is 16.3. The summed E-state index contributed by atoms with van der Waals surface area (Å²) in [6.07, 6.45) is 5.90. The van der Waals surface area contributed by atoms with Crippen LogP contribution in [0.4, 0.5) is 0 Å². The fraction of sp³-hybridized carbons (Fsp3) is 0.500. The molecule has 4 rings (SSSR count). The van der Waals surface area contributed by atoms with Crippen LogP contribution in [-0.4, -0.2) is 46.7 Å². The highest BCUT2D eigenvalue weighted by Crippen LogP contribution is 2.32. The van der Waals surface area contributed by atoms with Crippen molar-refractivity contribution in [1.29, 1.82) is 5.26 Å². The smallest absolute Gasteiger partial charge is 0.253 e. The number of aryl methyl sites for hydroxylation is 1. The van der Waals surface area contributed by atoms with Gasteiger partial charge in [0.05, 0.1) is 11.6 Å². The van der Waals surface area contributed by atoms with Crippen LogP contribution in [0.15, 0.2) is 30.5 Å². The number of hydrogen-bond acceptors (Lipinski definition) is 4. The first-order valence-corrected chi connectivity index (χ1v) is 10.1. The van der Waals surface area contributed by atoms with E-state index in [4.69, 9.17) is 15.0 Å². The molecule has 3 heterocycles. The van der Waals surface area contributed by atoms with E-state index in [-0.39, 0.29) is 5.91 Å². The van der Waals surface area contributed by atoms with Crippen LogP contribution in [0.3, 0.4) is 0 Å². The molecule has 2 aliphatic rings. The third-order valence-corrected chi connectivity index (χ3v) is 5.95. The fourth-order valence-corrected chi connectivity index (χ4v) is 4.43. The minimum absolute atomic E-state index is 0.0163. The molecule has 6 nitrogen and oxygen atoms in total. The summed E-state index contributed by atoms with van der Waals surface area (Å²) < 4.78 is 7.92. The van der Waals surface area contributed by atoms with Gasteiger partial charge >= 0.3 is 0 Å². The van der Waals surface area contributed by atoms with Gasteiger partial charge in [-0.25, -0.2) is 4.98 Å². The number of nitrogens with zero attached hydrogens (tertiary/aromatic N) is 4. The Morgan fingerprint density at radius 1 is 1.21 bits per heavy atom. The first-order chi connectivity index (χ1) is 13.7. The first kappa shape index (κ1) is 18.7. The number of imidazole rings is 1. The van der Waals surface area contributed by atoms with Gasteiger partial charge in [0, 0.05) is 55.7 Å². The Morgan fingerprint density at radius 3 is 2.68 bits per heavy atom. The van der Waals surface area contributed by atoms with E-state index < -0.39 is 0 Å². The topological polar surface area (TPSA) is 71.2 Å². The number of likely N-dealkylation sites (tertiary alicyclic amines) is 1. The minimum atomic E-state index is 0.0163. The van der Waals surface area contributed by atoms with Gasteiger partial charge in [0.25, 0.3) is 5.91 Å². The Bertz CT molecular complexity index is 884. The molecular weight excluding hydrogens is 352 g/mol. The number of carbonyl (C=O) groups excluding carboxylic acids is 1. The Labute approximate surface area is 165 Å². The summed E-state index contributed by atoms with van der Waals surface area (Å²) in [5, 5.41) is 9.06. The molecule has 0 radical (unpaired) electrons. The highest BCUT2D eigenvalue weighted by Gasteiger charge is 2.29. The van der Waals surface area contributed by atoms with Crippen molar-refractivity contribution in [1.82, 2.24) is 14.5 Å². The first-order valence-electron chi connectivity index (χ1n) is 10.1. The molecule has 1 aromatic carbocycles. The van der Waals surface area contributed by atoms with Crippen LogP contribution < -0.4 is 0 Å². The number of amides is 1. The molecule has 0 aliphatic carbocycles. The molecule has 0 N–H and O–H groups in total. The lowest BCUT2D eigenvalue weighted by atomic mass is 9.97. The van der Waals surface area contributed by atoms with Crippen LogP contribution in [0, 0.1) is 18.3 Å². The average Bonchev–Trinajstić information content (AvgIpc) is 3.15. The van der Waals surface area contributed by atoms with E-state index in [2.05, 4.69) is 17.6 Å². The van der Waals surface area contributed by atoms with E-state index in [1.54, 1.807) is 24.3 Å². The molecule has 2 saturated heterocycles. The van der Waals surface area contributed by atoms with Crippen molar-refractivity contribution in [3.05, 3.63) is 53.1 Å². The van der Waals surface area contributed by atoms with Crippen LogP contribution in [0.2, 0.25) is 0 Å². The van der Waals surface area contributed by atoms with E-state index in [0.717, 1.165) is 52.0 Å². The van der Waals surface area contributed by atoms with Crippen molar-refractivity contribution >= 4 is 5.91 Å². The SMILES string of the molecule is Cc1cnc(C2CCOCC2)n1C1CCN(C(=O)c2cccc(C#N)c2)CC1. The number of benzene rings is 1. The second-order valence-corrected chi connectivity index (χ2v) is 7.73. The highest BCUT2D eigenvalue weighted by molar-refractivity contribution is 5.94. The Balaban J connectivity index is 1.45. The van der Waals surface area contributed by atoms with Gasteiger partial charge in [0.1, 0.15) is 5.82 Å². The van der Waals surface area contributed by atoms with Gasteiger partial charge in [-0.3, -0.25) is 4.79 Å². The minimum Gasteiger partial charge on any atom is -0.381 e. The van der Waals surface area contributed by atoms with E-state index in [1.807, 2.05) is 11.1 Å². The predicted molar refractivity (Wildman–Crippen MR) is 105 cm³/mol. The van der Waals surface area contributed by atoms with Crippen molar-refractivity contribution in [2.75, 3.05) is 26.3 Å². The summed E-state index contributed by atoms with van der Waals surface area (Å²) in [4.78, 5) is 19.5. The number of nitriles is 1. The lowest BCUT2D eigenvalue weighted by molar-refractivity contribution is 0.0683. The fourth-order valence-electron chi connectivity index (χ4n) is 4.43. The maximum absolute atomic E-state index is 12.8. The molecule has 6 heteroatoms. The Hall–Kier alpha value is -2.65. The number of aromatic nitrogens is 2. The molecule has 1 amide bonds. The number of hydrogen-bond donors (Lipinski definition) is 0. The van der Waals surface area contributed by atoms with Gasteiger partial charge < -0.3 is 14.2 Å². The molecule has 2 aliphatic heterocycles. The number of rotatable bonds is 3. The monoisotopic (exact) mass is 378 g/mol. The molecule has 2 aromatic rings. The molecule has 2 fully saturated rings. The Morgan fingerprint density at radius 2 is 1.96 bits per heavy atom. The summed E-state index contributed by atoms with van der Waals surface area (Å²) in [6.45, 7) is 5.20. The summed E-state index contributed by atoms with van der Waals surface area (Å²) in [5.41, 5.74) is 2.32. The van der Waals surface area contributed by atoms with Crippen molar-refractivity contribution in [2.45, 2.75) is 44.6 Å². The standard InChI is InChI=1S/C22H26N4O2/c1-16-15-24-21(18-7-11-28-12-8-18)26(16)20-5-9-25(10-6-20)22(27)19-4-2-3-17(13-19)14-23/h2-4,13,15,18,20H,5-12H2,1H3. The molecule has 146 valence electrons. The second-order valence-electron chi connectivity index (χ2n) is 7.73. The lowest BCUT2D eigenvalue weighted by Crippen LogP contribution is -2.39. The van der Waals surface area contributed by atoms with Gasteiger partial charge in [-0.15, -0.1) is 0 Å². The zero-order valence-corrected chi connectivity index (χ0v) is 16.3. The van der Waals surface area contributed by atoms with Gasteiger partial charge in [-0.1, -0.05) is 6.07 Å². The summed E-state index contributed by atoms with van der Waals surface area (Å²) in [5.74, 6) is 1.67. The largest absolute Gasteiger partial charge is 0.381 e. The molecule has 0 saturated carbocycles. The molecule has 0 unspecified atom stereocenters. The van der Waals surface area contributed by atoms with E-state index >= 15 is 0 Å². The van der Waals surface area contributed by atoms with Crippen molar-refractivity contribution in [2.24, 2.45) is 0 Å². The van der Waals surface area contributed by atoms with E-state index in [9.17, 15) is 4.79 Å². The van der Waals surface area contributed by atoms with Crippen LogP contribution in [0.5, 0.6) is 0 Å². The average molecular weight is 378 g/mol. The number of ether oxygens (including phenoxy) is 1. The summed E-state index contributed by atoms with van der Waals surface area (Å²) >= 11 is 0. The highest BCUT2D eigenvalue weighted by atomic mass is 16.5. The maximum atomic E-state index is 12.8. The third-order valence-electron chi connectivity index (χ3n) is 5.95. The van der Waals surface area contributed by atoms with Crippen molar-refractivity contribution < 1.29 is 9.53 Å². The zero-order chi connectivity index (χ0) is 19.5. The quantitative estimate of drug-likeness (QED) is 0.820. The molecular formula is C22H26N4O2. The van der Waals surface area contributed by atoms with Crippen molar-refractivity contribution in [3.8, 4) is 6.07 Å². The number of carbonyl (C=O) groups is 1. The van der Waals surface area contributed by atoms with Gasteiger partial charge in [-0.2, -0.15) is 5.26 Å². The van der Waals surface area contributed by atoms with Gasteiger partial charge in [0.2, 0.25) is 0 Å². The van der Waals surface area contributed by atoms with Crippen LogP contribution in [0.1, 0.15) is 65.1 Å². The van der Waals surface area contributed by atoms with Crippen LogP contribution in [0.25, 0.3) is 0 Å². The summed E-state index contributed by atoms with van der Waals surface area (Å²) in [7, 11) is 0. The van der Waals surface area contributed by atoms with Gasteiger partial charge in [-0.05, 0) is 50.8 Å². The van der Waals surface area contributed by atoms with Gasteiger partial charge in [0.15, 0.2) is 0 Å². The van der Waals surface area contributed by atoms with E-state index in [0.29, 0.717) is 23.1 Å². The second kappa shape index (κ2) is 8.15. The maximum Gasteiger partial charge on any atom is 0.253 e. The molecule has 0 atom stereocenters. The molecule has 28 heavy (non-hydrogen) atoms. The molecule has 0 bridgehead atoms. The normalized spacial score (nSPS) is 18.8. The number of piperidine rings is 1. The Kier molecular flexibility index (Phi) is 5.45.